The summed E-state index contributed by atoms with van der Waals surface area (Å²) in [6, 6.07) is 1.78. The van der Waals surface area contributed by atoms with E-state index < -0.39 is 0 Å². The van der Waals surface area contributed by atoms with Gasteiger partial charge in [-0.05, 0) is 60.5 Å². The predicted molar refractivity (Wildman–Crippen MR) is 54.0 cm³/mol. The third kappa shape index (κ3) is 1.82. The molecule has 0 fully saturated rings. The highest BCUT2D eigenvalue weighted by Crippen LogP contribution is 2.27. The third-order valence-electron chi connectivity index (χ3n) is 0.868. The highest BCUT2D eigenvalue weighted by molar-refractivity contribution is 14.1. The van der Waals surface area contributed by atoms with Crippen LogP contribution in [0.2, 0.25) is 0 Å². The van der Waals surface area contributed by atoms with Gasteiger partial charge in [0.2, 0.25) is 5.88 Å². The molecular formula is C5H2Br2INO. The van der Waals surface area contributed by atoms with Crippen LogP contribution in [0.25, 0.3) is 0 Å². The molecule has 0 aliphatic rings. The zero-order valence-electron chi connectivity index (χ0n) is 4.61. The molecule has 10 heavy (non-hydrogen) atoms. The molecule has 1 aromatic heterocycles. The summed E-state index contributed by atoms with van der Waals surface area (Å²) >= 11 is 8.42. The van der Waals surface area contributed by atoms with E-state index in [9.17, 15) is 0 Å². The molecule has 0 spiro atoms. The first-order chi connectivity index (χ1) is 4.61. The van der Waals surface area contributed by atoms with E-state index >= 15 is 0 Å². The van der Waals surface area contributed by atoms with Crippen LogP contribution in [0.3, 0.4) is 0 Å². The molecule has 0 bridgehead atoms. The number of aromatic hydroxyl groups is 1. The van der Waals surface area contributed by atoms with Crippen LogP contribution in [0, 0.1) is 3.57 Å². The van der Waals surface area contributed by atoms with E-state index in [1.54, 1.807) is 6.07 Å². The minimum Gasteiger partial charge on any atom is -0.492 e. The van der Waals surface area contributed by atoms with Crippen LogP contribution in [0.5, 0.6) is 5.88 Å². The van der Waals surface area contributed by atoms with Crippen LogP contribution in [0.15, 0.2) is 15.1 Å². The standard InChI is InChI=1S/C5H2Br2INO/c6-2-1-3(8)5(10)9-4(2)7/h1H,(H,9,10). The third-order valence-corrected chi connectivity index (χ3v) is 3.40. The predicted octanol–water partition coefficient (Wildman–Crippen LogP) is 2.92. The molecule has 1 rings (SSSR count). The van der Waals surface area contributed by atoms with E-state index in [-0.39, 0.29) is 5.88 Å². The molecule has 0 saturated carbocycles. The van der Waals surface area contributed by atoms with Gasteiger partial charge in [0.25, 0.3) is 0 Å². The fraction of sp³-hybridized carbons (Fsp3) is 0. The maximum atomic E-state index is 9.06. The van der Waals surface area contributed by atoms with E-state index in [1.165, 1.54) is 0 Å². The van der Waals surface area contributed by atoms with E-state index in [0.717, 1.165) is 8.04 Å². The maximum Gasteiger partial charge on any atom is 0.225 e. The number of rotatable bonds is 0. The lowest BCUT2D eigenvalue weighted by atomic mass is 10.5. The van der Waals surface area contributed by atoms with Gasteiger partial charge in [-0.3, -0.25) is 0 Å². The van der Waals surface area contributed by atoms with Gasteiger partial charge in [0.1, 0.15) is 4.60 Å². The van der Waals surface area contributed by atoms with Gasteiger partial charge < -0.3 is 5.11 Å². The van der Waals surface area contributed by atoms with Gasteiger partial charge in [0.15, 0.2) is 0 Å². The monoisotopic (exact) mass is 377 g/mol. The molecule has 0 unspecified atom stereocenters. The second kappa shape index (κ2) is 3.36. The molecule has 0 saturated heterocycles. The SMILES string of the molecule is Oc1nc(Br)c(Br)cc1I. The lowest BCUT2D eigenvalue weighted by Gasteiger charge is -1.97. The smallest absolute Gasteiger partial charge is 0.225 e. The normalized spacial score (nSPS) is 9.90. The first kappa shape index (κ1) is 8.73. The van der Waals surface area contributed by atoms with Gasteiger partial charge in [-0.15, -0.1) is 0 Å². The molecule has 0 radical (unpaired) electrons. The van der Waals surface area contributed by atoms with E-state index in [2.05, 4.69) is 36.8 Å². The second-order valence-corrected chi connectivity index (χ2v) is 4.33. The van der Waals surface area contributed by atoms with Crippen molar-refractivity contribution < 1.29 is 5.11 Å². The zero-order valence-corrected chi connectivity index (χ0v) is 9.94. The Balaban J connectivity index is 3.28. The molecule has 0 amide bonds. The molecule has 0 aliphatic heterocycles. The largest absolute Gasteiger partial charge is 0.492 e. The van der Waals surface area contributed by atoms with Crippen LogP contribution in [-0.4, -0.2) is 10.1 Å². The van der Waals surface area contributed by atoms with Crippen molar-refractivity contribution in [1.29, 1.82) is 0 Å². The molecule has 0 aliphatic carbocycles. The minimum absolute atomic E-state index is 0.0516. The highest BCUT2D eigenvalue weighted by atomic mass is 127. The highest BCUT2D eigenvalue weighted by Gasteiger charge is 2.03. The van der Waals surface area contributed by atoms with Crippen molar-refractivity contribution >= 4 is 54.5 Å². The summed E-state index contributed by atoms with van der Waals surface area (Å²) in [6.45, 7) is 0. The second-order valence-electron chi connectivity index (χ2n) is 1.57. The lowest BCUT2D eigenvalue weighted by Crippen LogP contribution is -1.81. The van der Waals surface area contributed by atoms with Gasteiger partial charge in [-0.25, -0.2) is 4.98 Å². The molecule has 54 valence electrons. The molecular weight excluding hydrogens is 377 g/mol. The first-order valence-corrected chi connectivity index (χ1v) is 4.98. The maximum absolute atomic E-state index is 9.06. The Labute approximate surface area is 88.4 Å². The molecule has 5 heteroatoms. The quantitative estimate of drug-likeness (QED) is 0.556. The van der Waals surface area contributed by atoms with Crippen molar-refractivity contribution in [2.75, 3.05) is 0 Å². The van der Waals surface area contributed by atoms with Gasteiger partial charge in [0.05, 0.1) is 8.04 Å². The van der Waals surface area contributed by atoms with E-state index in [4.69, 9.17) is 5.11 Å². The Morgan fingerprint density at radius 2 is 2.10 bits per heavy atom. The van der Waals surface area contributed by atoms with Crippen molar-refractivity contribution in [2.45, 2.75) is 0 Å². The van der Waals surface area contributed by atoms with Crippen LogP contribution in [0.1, 0.15) is 0 Å². The number of nitrogens with zero attached hydrogens (tertiary/aromatic N) is 1. The summed E-state index contributed by atoms with van der Waals surface area (Å²) in [5.41, 5.74) is 0. The average Bonchev–Trinajstić information content (AvgIpc) is 1.84. The zero-order chi connectivity index (χ0) is 7.72. The van der Waals surface area contributed by atoms with Crippen molar-refractivity contribution in [3.63, 3.8) is 0 Å². The summed E-state index contributed by atoms with van der Waals surface area (Å²) in [7, 11) is 0. The Hall–Kier alpha value is 0.640. The Bertz CT molecular complexity index is 216. The number of pyridine rings is 1. The number of aromatic nitrogens is 1. The van der Waals surface area contributed by atoms with Crippen LogP contribution in [-0.2, 0) is 0 Å². The minimum atomic E-state index is 0.0516. The van der Waals surface area contributed by atoms with Crippen molar-refractivity contribution in [3.05, 3.63) is 18.7 Å². The van der Waals surface area contributed by atoms with Crippen molar-refractivity contribution in [2.24, 2.45) is 0 Å². The number of hydrogen-bond acceptors (Lipinski definition) is 2. The van der Waals surface area contributed by atoms with Crippen molar-refractivity contribution in [1.82, 2.24) is 4.98 Å². The summed E-state index contributed by atoms with van der Waals surface area (Å²) in [5.74, 6) is 0.0516. The first-order valence-electron chi connectivity index (χ1n) is 2.32. The lowest BCUT2D eigenvalue weighted by molar-refractivity contribution is 0.448. The van der Waals surface area contributed by atoms with Crippen LogP contribution >= 0.6 is 54.5 Å². The van der Waals surface area contributed by atoms with Crippen molar-refractivity contribution in [3.8, 4) is 5.88 Å². The number of halogens is 3. The number of hydrogen-bond donors (Lipinski definition) is 1. The fourth-order valence-corrected chi connectivity index (χ4v) is 1.90. The van der Waals surface area contributed by atoms with E-state index in [0.29, 0.717) is 4.60 Å². The Morgan fingerprint density at radius 3 is 2.60 bits per heavy atom. The topological polar surface area (TPSA) is 33.1 Å². The molecule has 1 heterocycles. The van der Waals surface area contributed by atoms with Gasteiger partial charge in [0, 0.05) is 0 Å². The van der Waals surface area contributed by atoms with Gasteiger partial charge in [-0.2, -0.15) is 0 Å². The van der Waals surface area contributed by atoms with E-state index in [1.807, 2.05) is 22.6 Å². The Morgan fingerprint density at radius 1 is 1.50 bits per heavy atom. The Kier molecular flexibility index (Phi) is 2.93. The average molecular weight is 379 g/mol. The molecule has 1 N–H and O–H groups in total. The summed E-state index contributed by atoms with van der Waals surface area (Å²) in [4.78, 5) is 3.79. The van der Waals surface area contributed by atoms with Gasteiger partial charge >= 0.3 is 0 Å². The van der Waals surface area contributed by atoms with Gasteiger partial charge in [-0.1, -0.05) is 0 Å². The molecule has 0 atom stereocenters. The molecule has 1 aromatic rings. The molecule has 2 nitrogen and oxygen atoms in total. The fourth-order valence-electron chi connectivity index (χ4n) is 0.435. The summed E-state index contributed by atoms with van der Waals surface area (Å²) in [6.07, 6.45) is 0. The summed E-state index contributed by atoms with van der Waals surface area (Å²) in [5, 5.41) is 9.06. The molecule has 0 aromatic carbocycles. The van der Waals surface area contributed by atoms with Crippen LogP contribution in [0.4, 0.5) is 0 Å². The van der Waals surface area contributed by atoms with Crippen LogP contribution < -0.4 is 0 Å². The summed E-state index contributed by atoms with van der Waals surface area (Å²) < 4.78 is 2.19.